The van der Waals surface area contributed by atoms with Gasteiger partial charge in [0.25, 0.3) is 6.43 Å². The van der Waals surface area contributed by atoms with Gasteiger partial charge in [-0.1, -0.05) is 12.2 Å². The fourth-order valence-electron chi connectivity index (χ4n) is 5.61. The summed E-state index contributed by atoms with van der Waals surface area (Å²) >= 11 is 4.50. The number of anilines is 4. The zero-order chi connectivity index (χ0) is 35.3. The molecule has 2 aromatic rings. The predicted molar refractivity (Wildman–Crippen MR) is 186 cm³/mol. The minimum Gasteiger partial charge on any atom is -0.443 e. The first-order chi connectivity index (χ1) is 23.2. The quantitative estimate of drug-likeness (QED) is 0.374. The molecule has 19 heteroatoms. The number of benzene rings is 2. The SMILES string of the molecule is NC[C@H]1CN(c2ccc(N3CCS(=O)(=O)CC3)cc2)C(=O)O1.O=C1O[C@@H](CNC(=S)C(F)F)CN1c1ccc(N2CCS(=O)(=O)CC2)cc1. The first kappa shape index (κ1) is 36.5. The summed E-state index contributed by atoms with van der Waals surface area (Å²) < 4.78 is 81.0. The van der Waals surface area contributed by atoms with Crippen LogP contribution in [-0.2, 0) is 29.1 Å². The lowest BCUT2D eigenvalue weighted by molar-refractivity contribution is 0.141. The van der Waals surface area contributed by atoms with Crippen LogP contribution in [0.4, 0.5) is 41.1 Å². The van der Waals surface area contributed by atoms with Crippen LogP contribution in [0.1, 0.15) is 0 Å². The second kappa shape index (κ2) is 15.4. The van der Waals surface area contributed by atoms with E-state index in [1.807, 2.05) is 46.2 Å². The molecule has 0 spiro atoms. The molecule has 3 N–H and O–H groups in total. The van der Waals surface area contributed by atoms with Crippen LogP contribution >= 0.6 is 12.2 Å². The maximum atomic E-state index is 12.4. The number of halogens is 2. The fraction of sp³-hybridized carbons (Fsp3) is 0.500. The molecule has 0 radical (unpaired) electrons. The van der Waals surface area contributed by atoms with Crippen LogP contribution in [0.5, 0.6) is 0 Å². The van der Waals surface area contributed by atoms with Gasteiger partial charge in [0, 0.05) is 55.5 Å². The molecule has 4 aliphatic heterocycles. The van der Waals surface area contributed by atoms with Crippen LogP contribution in [0.3, 0.4) is 0 Å². The highest BCUT2D eigenvalue weighted by Crippen LogP contribution is 2.27. The third kappa shape index (κ3) is 9.46. The van der Waals surface area contributed by atoms with E-state index in [1.165, 1.54) is 4.90 Å². The molecular formula is C30H38F2N6O8S3. The van der Waals surface area contributed by atoms with Crippen molar-refractivity contribution < 1.29 is 44.7 Å². The Balaban J connectivity index is 0.000000195. The molecule has 6 rings (SSSR count). The van der Waals surface area contributed by atoms with Crippen LogP contribution in [0.25, 0.3) is 0 Å². The number of rotatable bonds is 8. The van der Waals surface area contributed by atoms with E-state index in [0.717, 1.165) is 17.1 Å². The standard InChI is InChI=1S/C16H19F2N3O4S2.C14H19N3O4S/c17-14(18)15(26)19-9-13-10-21(16(22)25-13)12-3-1-11(2-4-12)20-5-7-27(23,24)8-6-20;15-9-13-10-17(14(18)21-13)12-3-1-11(2-4-12)16-5-7-22(19,20)8-6-16/h1-4,13-14H,5-10H2,(H,19,26);1-4,13H,5-10,15H2/t2*13-/m00/s1. The van der Waals surface area contributed by atoms with Crippen molar-refractivity contribution in [3.8, 4) is 0 Å². The molecular weight excluding hydrogens is 707 g/mol. The minimum atomic E-state index is -2.95. The molecule has 4 heterocycles. The van der Waals surface area contributed by atoms with Gasteiger partial charge in [0.15, 0.2) is 19.7 Å². The van der Waals surface area contributed by atoms with Crippen LogP contribution in [0.15, 0.2) is 48.5 Å². The molecule has 4 aliphatic rings. The smallest absolute Gasteiger partial charge is 0.414 e. The maximum Gasteiger partial charge on any atom is 0.414 e. The summed E-state index contributed by atoms with van der Waals surface area (Å²) in [5.41, 5.74) is 8.73. The molecule has 2 amide bonds. The van der Waals surface area contributed by atoms with Gasteiger partial charge in [0.05, 0.1) is 42.6 Å². The van der Waals surface area contributed by atoms with Crippen molar-refractivity contribution in [2.45, 2.75) is 18.6 Å². The zero-order valence-electron chi connectivity index (χ0n) is 26.4. The van der Waals surface area contributed by atoms with Gasteiger partial charge in [-0.25, -0.2) is 35.2 Å². The van der Waals surface area contributed by atoms with E-state index in [4.69, 9.17) is 15.2 Å². The average Bonchev–Trinajstić information content (AvgIpc) is 3.65. The van der Waals surface area contributed by atoms with Gasteiger partial charge in [-0.3, -0.25) is 9.80 Å². The summed E-state index contributed by atoms with van der Waals surface area (Å²) in [6.07, 6.45) is -4.53. The predicted octanol–water partition coefficient (Wildman–Crippen LogP) is 1.63. The number of nitrogens with one attached hydrogen (secondary N) is 1. The van der Waals surface area contributed by atoms with Gasteiger partial charge in [0.1, 0.15) is 17.2 Å². The van der Waals surface area contributed by atoms with Gasteiger partial charge < -0.3 is 30.3 Å². The monoisotopic (exact) mass is 744 g/mol. The number of alkyl halides is 2. The van der Waals surface area contributed by atoms with Crippen molar-refractivity contribution in [3.63, 3.8) is 0 Å². The highest BCUT2D eigenvalue weighted by molar-refractivity contribution is 7.91. The molecule has 2 atom stereocenters. The third-order valence-electron chi connectivity index (χ3n) is 8.46. The minimum absolute atomic E-state index is 0.0196. The van der Waals surface area contributed by atoms with Gasteiger partial charge in [-0.15, -0.1) is 0 Å². The maximum absolute atomic E-state index is 12.4. The highest BCUT2D eigenvalue weighted by atomic mass is 32.2. The Bertz CT molecular complexity index is 1700. The van der Waals surface area contributed by atoms with E-state index in [1.54, 1.807) is 17.0 Å². The summed E-state index contributed by atoms with van der Waals surface area (Å²) in [7, 11) is -5.83. The summed E-state index contributed by atoms with van der Waals surface area (Å²) in [5, 5.41) is 2.40. The zero-order valence-corrected chi connectivity index (χ0v) is 28.9. The van der Waals surface area contributed by atoms with E-state index in [-0.39, 0.29) is 48.3 Å². The molecule has 0 aliphatic carbocycles. The Kier molecular flexibility index (Phi) is 11.5. The number of hydrogen-bond acceptors (Lipinski definition) is 12. The van der Waals surface area contributed by atoms with E-state index in [9.17, 15) is 35.2 Å². The summed E-state index contributed by atoms with van der Waals surface area (Å²) in [4.78, 5) is 30.2. The number of carbonyl (C=O) groups is 2. The number of nitrogens with two attached hydrogens (primary N) is 1. The Morgan fingerprint density at radius 3 is 1.47 bits per heavy atom. The van der Waals surface area contributed by atoms with Gasteiger partial charge in [-0.2, -0.15) is 0 Å². The molecule has 0 aromatic heterocycles. The Morgan fingerprint density at radius 2 is 1.10 bits per heavy atom. The molecule has 14 nitrogen and oxygen atoms in total. The molecule has 0 saturated carbocycles. The number of cyclic esters (lactones) is 2. The van der Waals surface area contributed by atoms with Crippen LogP contribution < -0.4 is 30.7 Å². The lowest BCUT2D eigenvalue weighted by Gasteiger charge is -2.29. The number of sulfone groups is 2. The average molecular weight is 745 g/mol. The van der Waals surface area contributed by atoms with E-state index in [2.05, 4.69) is 17.5 Å². The Hall–Kier alpha value is -3.81. The Labute approximate surface area is 288 Å². The van der Waals surface area contributed by atoms with Gasteiger partial charge in [0.2, 0.25) is 0 Å². The van der Waals surface area contributed by atoms with E-state index >= 15 is 0 Å². The summed E-state index contributed by atoms with van der Waals surface area (Å²) in [5.74, 6) is 0.626. The number of carbonyl (C=O) groups excluding carboxylic acids is 2. The number of hydrogen-bond donors (Lipinski definition) is 2. The van der Waals surface area contributed by atoms with Crippen molar-refractivity contribution >= 4 is 71.8 Å². The molecule has 268 valence electrons. The van der Waals surface area contributed by atoms with Crippen molar-refractivity contribution in [1.82, 2.24) is 5.32 Å². The molecule has 4 saturated heterocycles. The van der Waals surface area contributed by atoms with Crippen molar-refractivity contribution in [2.24, 2.45) is 5.73 Å². The first-order valence-electron chi connectivity index (χ1n) is 15.6. The molecule has 49 heavy (non-hydrogen) atoms. The van der Waals surface area contributed by atoms with Crippen LogP contribution in [0.2, 0.25) is 0 Å². The second-order valence-electron chi connectivity index (χ2n) is 11.8. The number of amides is 2. The Morgan fingerprint density at radius 1 is 0.735 bits per heavy atom. The first-order valence-corrected chi connectivity index (χ1v) is 19.6. The van der Waals surface area contributed by atoms with Gasteiger partial charge >= 0.3 is 12.2 Å². The lowest BCUT2D eigenvalue weighted by Crippen LogP contribution is -2.40. The second-order valence-corrected chi connectivity index (χ2v) is 16.9. The molecule has 0 bridgehead atoms. The number of ether oxygens (including phenoxy) is 2. The van der Waals surface area contributed by atoms with Crippen molar-refractivity contribution in [3.05, 3.63) is 48.5 Å². The number of thiocarbonyl (C=S) groups is 1. The van der Waals surface area contributed by atoms with E-state index < -0.39 is 43.3 Å². The van der Waals surface area contributed by atoms with Crippen molar-refractivity contribution in [1.29, 1.82) is 0 Å². The molecule has 0 unspecified atom stereocenters. The highest BCUT2D eigenvalue weighted by Gasteiger charge is 2.33. The summed E-state index contributed by atoms with van der Waals surface area (Å²) in [6, 6.07) is 14.6. The molecule has 4 fully saturated rings. The number of nitrogens with zero attached hydrogens (tertiary/aromatic N) is 4. The summed E-state index contributed by atoms with van der Waals surface area (Å²) in [6.45, 7) is 2.88. The van der Waals surface area contributed by atoms with E-state index in [0.29, 0.717) is 45.0 Å². The van der Waals surface area contributed by atoms with Crippen LogP contribution in [0, 0.1) is 0 Å². The fourth-order valence-corrected chi connectivity index (χ4v) is 8.10. The molecule has 2 aromatic carbocycles. The van der Waals surface area contributed by atoms with Crippen molar-refractivity contribution in [2.75, 3.05) is 95.0 Å². The topological polar surface area (TPSA) is 172 Å². The normalized spacial score (nSPS) is 23.1. The van der Waals surface area contributed by atoms with Crippen LogP contribution in [-0.4, -0.2) is 128 Å². The largest absolute Gasteiger partial charge is 0.443 e. The lowest BCUT2D eigenvalue weighted by atomic mass is 10.2. The third-order valence-corrected chi connectivity index (χ3v) is 12.0. The van der Waals surface area contributed by atoms with Gasteiger partial charge in [-0.05, 0) is 48.5 Å².